The van der Waals surface area contributed by atoms with Crippen molar-refractivity contribution in [2.75, 3.05) is 21.2 Å². The van der Waals surface area contributed by atoms with E-state index in [1.165, 1.54) is 11.1 Å². The monoisotopic (exact) mass is 255 g/mol. The topological polar surface area (TPSA) is 12.5 Å². The quantitative estimate of drug-likeness (QED) is 0.810. The molecule has 0 amide bonds. The first-order valence-electron chi connectivity index (χ1n) is 6.55. The lowest BCUT2D eigenvalue weighted by Crippen LogP contribution is -2.22. The Morgan fingerprint density at radius 3 is 2.11 bits per heavy atom. The number of methoxy groups -OCH3 is 1. The molecular formula is C17H21NO. The molecule has 0 aliphatic carbocycles. The van der Waals surface area contributed by atoms with Crippen molar-refractivity contribution in [3.63, 3.8) is 0 Å². The van der Waals surface area contributed by atoms with Gasteiger partial charge in [-0.1, -0.05) is 42.5 Å². The van der Waals surface area contributed by atoms with Crippen LogP contribution in [-0.2, 0) is 6.42 Å². The van der Waals surface area contributed by atoms with Crippen LogP contribution in [0.15, 0.2) is 54.6 Å². The van der Waals surface area contributed by atoms with Crippen LogP contribution in [0.5, 0.6) is 5.75 Å². The minimum absolute atomic E-state index is 0.383. The fourth-order valence-corrected chi connectivity index (χ4v) is 2.26. The van der Waals surface area contributed by atoms with E-state index in [4.69, 9.17) is 4.74 Å². The minimum atomic E-state index is 0.383. The van der Waals surface area contributed by atoms with E-state index in [9.17, 15) is 0 Å². The molecule has 2 heteroatoms. The first kappa shape index (κ1) is 13.6. The first-order chi connectivity index (χ1) is 9.20. The molecule has 0 aliphatic heterocycles. The van der Waals surface area contributed by atoms with Gasteiger partial charge < -0.3 is 9.64 Å². The van der Waals surface area contributed by atoms with Crippen molar-refractivity contribution in [1.82, 2.24) is 4.90 Å². The molecule has 2 rings (SSSR count). The number of benzene rings is 2. The minimum Gasteiger partial charge on any atom is -0.497 e. The molecule has 0 N–H and O–H groups in total. The van der Waals surface area contributed by atoms with E-state index in [0.29, 0.717) is 6.04 Å². The van der Waals surface area contributed by atoms with Gasteiger partial charge in [0.25, 0.3) is 0 Å². The summed E-state index contributed by atoms with van der Waals surface area (Å²) in [4.78, 5) is 2.26. The molecule has 0 fully saturated rings. The highest BCUT2D eigenvalue weighted by atomic mass is 16.5. The number of hydrogen-bond acceptors (Lipinski definition) is 2. The largest absolute Gasteiger partial charge is 0.497 e. The van der Waals surface area contributed by atoms with Crippen molar-refractivity contribution < 1.29 is 4.74 Å². The van der Waals surface area contributed by atoms with E-state index in [2.05, 4.69) is 61.5 Å². The summed E-state index contributed by atoms with van der Waals surface area (Å²) in [6.45, 7) is 0. The van der Waals surface area contributed by atoms with E-state index >= 15 is 0 Å². The van der Waals surface area contributed by atoms with Crippen molar-refractivity contribution in [2.45, 2.75) is 12.5 Å². The molecule has 0 saturated heterocycles. The number of hydrogen-bond donors (Lipinski definition) is 0. The second kappa shape index (κ2) is 6.39. The van der Waals surface area contributed by atoms with Crippen LogP contribution in [0.3, 0.4) is 0 Å². The van der Waals surface area contributed by atoms with Gasteiger partial charge in [0.2, 0.25) is 0 Å². The third-order valence-corrected chi connectivity index (χ3v) is 3.40. The molecule has 0 saturated carbocycles. The summed E-state index contributed by atoms with van der Waals surface area (Å²) in [5.74, 6) is 0.904. The Hall–Kier alpha value is -1.80. The van der Waals surface area contributed by atoms with Gasteiger partial charge in [-0.05, 0) is 43.8 Å². The SMILES string of the molecule is COc1ccc(C(Cc2ccccc2)N(C)C)cc1. The zero-order valence-electron chi connectivity index (χ0n) is 11.8. The third kappa shape index (κ3) is 3.58. The molecule has 0 bridgehead atoms. The maximum atomic E-state index is 5.21. The molecule has 0 aromatic heterocycles. The van der Waals surface area contributed by atoms with Gasteiger partial charge in [-0.15, -0.1) is 0 Å². The number of rotatable bonds is 5. The smallest absolute Gasteiger partial charge is 0.118 e. The van der Waals surface area contributed by atoms with Gasteiger partial charge in [-0.2, -0.15) is 0 Å². The summed E-state index contributed by atoms with van der Waals surface area (Å²) in [6.07, 6.45) is 1.01. The standard InChI is InChI=1S/C17H21NO/c1-18(2)17(13-14-7-5-4-6-8-14)15-9-11-16(19-3)12-10-15/h4-12,17H,13H2,1-3H3. The van der Waals surface area contributed by atoms with Crippen LogP contribution in [0.1, 0.15) is 17.2 Å². The van der Waals surface area contributed by atoms with Crippen LogP contribution >= 0.6 is 0 Å². The fraction of sp³-hybridized carbons (Fsp3) is 0.294. The summed E-state index contributed by atoms with van der Waals surface area (Å²) < 4.78 is 5.21. The molecule has 2 nitrogen and oxygen atoms in total. The summed E-state index contributed by atoms with van der Waals surface area (Å²) in [5.41, 5.74) is 2.67. The van der Waals surface area contributed by atoms with Gasteiger partial charge in [0.15, 0.2) is 0 Å². The third-order valence-electron chi connectivity index (χ3n) is 3.40. The van der Waals surface area contributed by atoms with E-state index in [-0.39, 0.29) is 0 Å². The summed E-state index contributed by atoms with van der Waals surface area (Å²) in [5, 5.41) is 0. The Morgan fingerprint density at radius 1 is 0.947 bits per heavy atom. The number of ether oxygens (including phenoxy) is 1. The van der Waals surface area contributed by atoms with Crippen molar-refractivity contribution in [3.05, 3.63) is 65.7 Å². The molecular weight excluding hydrogens is 234 g/mol. The van der Waals surface area contributed by atoms with Crippen LogP contribution < -0.4 is 4.74 Å². The van der Waals surface area contributed by atoms with Gasteiger partial charge in [0.05, 0.1) is 7.11 Å². The molecule has 0 radical (unpaired) electrons. The van der Waals surface area contributed by atoms with Crippen molar-refractivity contribution in [2.24, 2.45) is 0 Å². The van der Waals surface area contributed by atoms with Crippen LogP contribution in [0, 0.1) is 0 Å². The Balaban J connectivity index is 2.19. The van der Waals surface area contributed by atoms with Crippen molar-refractivity contribution in [3.8, 4) is 5.75 Å². The predicted molar refractivity (Wildman–Crippen MR) is 79.6 cm³/mol. The van der Waals surface area contributed by atoms with Gasteiger partial charge in [-0.25, -0.2) is 0 Å². The molecule has 19 heavy (non-hydrogen) atoms. The average molecular weight is 255 g/mol. The van der Waals surface area contributed by atoms with Gasteiger partial charge in [0, 0.05) is 6.04 Å². The predicted octanol–water partition coefficient (Wildman–Crippen LogP) is 3.54. The molecule has 1 unspecified atom stereocenters. The maximum absolute atomic E-state index is 5.21. The van der Waals surface area contributed by atoms with Gasteiger partial charge in [-0.3, -0.25) is 0 Å². The second-order valence-electron chi connectivity index (χ2n) is 4.94. The van der Waals surface area contributed by atoms with Gasteiger partial charge >= 0.3 is 0 Å². The van der Waals surface area contributed by atoms with Crippen molar-refractivity contribution in [1.29, 1.82) is 0 Å². The zero-order valence-corrected chi connectivity index (χ0v) is 11.8. The van der Waals surface area contributed by atoms with Crippen molar-refractivity contribution >= 4 is 0 Å². The molecule has 2 aromatic rings. The fourth-order valence-electron chi connectivity index (χ4n) is 2.26. The lowest BCUT2D eigenvalue weighted by atomic mass is 9.98. The highest BCUT2D eigenvalue weighted by Gasteiger charge is 2.14. The lowest BCUT2D eigenvalue weighted by molar-refractivity contribution is 0.297. The van der Waals surface area contributed by atoms with E-state index < -0.39 is 0 Å². The molecule has 1 atom stereocenters. The van der Waals surface area contributed by atoms with E-state index in [1.807, 2.05) is 12.1 Å². The first-order valence-corrected chi connectivity index (χ1v) is 6.55. The van der Waals surface area contributed by atoms with Crippen LogP contribution in [0.2, 0.25) is 0 Å². The summed E-state index contributed by atoms with van der Waals surface area (Å²) in [6, 6.07) is 19.3. The normalized spacial score (nSPS) is 12.4. The lowest BCUT2D eigenvalue weighted by Gasteiger charge is -2.25. The molecule has 2 aromatic carbocycles. The Kier molecular flexibility index (Phi) is 4.58. The van der Waals surface area contributed by atoms with Crippen LogP contribution in [-0.4, -0.2) is 26.1 Å². The maximum Gasteiger partial charge on any atom is 0.118 e. The van der Waals surface area contributed by atoms with E-state index in [1.54, 1.807) is 7.11 Å². The Morgan fingerprint density at radius 2 is 1.58 bits per heavy atom. The van der Waals surface area contributed by atoms with Crippen LogP contribution in [0.25, 0.3) is 0 Å². The van der Waals surface area contributed by atoms with Crippen LogP contribution in [0.4, 0.5) is 0 Å². The zero-order chi connectivity index (χ0) is 13.7. The average Bonchev–Trinajstić information content (AvgIpc) is 2.46. The van der Waals surface area contributed by atoms with Gasteiger partial charge in [0.1, 0.15) is 5.75 Å². The summed E-state index contributed by atoms with van der Waals surface area (Å²) in [7, 11) is 5.94. The highest BCUT2D eigenvalue weighted by molar-refractivity contribution is 5.30. The Labute approximate surface area is 115 Å². The number of nitrogens with zero attached hydrogens (tertiary/aromatic N) is 1. The number of likely N-dealkylation sites (N-methyl/N-ethyl adjacent to an activating group) is 1. The molecule has 0 spiro atoms. The molecule has 100 valence electrons. The second-order valence-corrected chi connectivity index (χ2v) is 4.94. The molecule has 0 heterocycles. The van der Waals surface area contributed by atoms with E-state index in [0.717, 1.165) is 12.2 Å². The molecule has 0 aliphatic rings. The summed E-state index contributed by atoms with van der Waals surface area (Å²) >= 11 is 0. The Bertz CT molecular complexity index is 490. The highest BCUT2D eigenvalue weighted by Crippen LogP contribution is 2.24.